The maximum absolute atomic E-state index is 12.6. The predicted octanol–water partition coefficient (Wildman–Crippen LogP) is 5.35. The van der Waals surface area contributed by atoms with Crippen LogP contribution in [0.1, 0.15) is 30.9 Å². The summed E-state index contributed by atoms with van der Waals surface area (Å²) in [5.41, 5.74) is 1.72. The highest BCUT2D eigenvalue weighted by Crippen LogP contribution is 2.33. The lowest BCUT2D eigenvalue weighted by Gasteiger charge is -2.20. The van der Waals surface area contributed by atoms with Crippen molar-refractivity contribution in [3.63, 3.8) is 0 Å². The number of ether oxygens (including phenoxy) is 2. The van der Waals surface area contributed by atoms with E-state index in [0.29, 0.717) is 33.9 Å². The number of nitrogens with one attached hydrogen (secondary N) is 1. The summed E-state index contributed by atoms with van der Waals surface area (Å²) in [6.07, 6.45) is 3.33. The van der Waals surface area contributed by atoms with Crippen molar-refractivity contribution >= 4 is 51.4 Å². The van der Waals surface area contributed by atoms with E-state index in [0.717, 1.165) is 23.4 Å². The minimum absolute atomic E-state index is 0.0108. The van der Waals surface area contributed by atoms with E-state index in [-0.39, 0.29) is 11.4 Å². The number of rotatable bonds is 7. The molecular weight excluding hydrogens is 448 g/mol. The number of benzene rings is 2. The van der Waals surface area contributed by atoms with E-state index >= 15 is 0 Å². The Morgan fingerprint density at radius 1 is 1.22 bits per heavy atom. The highest BCUT2D eigenvalue weighted by molar-refractivity contribution is 8.26. The number of amidine groups is 2. The fraction of sp³-hybridized carbons (Fsp3) is 0.217. The van der Waals surface area contributed by atoms with Gasteiger partial charge in [-0.2, -0.15) is 15.1 Å². The molecule has 0 saturated carbocycles. The summed E-state index contributed by atoms with van der Waals surface area (Å²) in [7, 11) is 1.55. The first kappa shape index (κ1) is 22.1. The summed E-state index contributed by atoms with van der Waals surface area (Å²) in [5.74, 6) is 0.603. The van der Waals surface area contributed by atoms with Gasteiger partial charge in [-0.3, -0.25) is 10.2 Å². The van der Waals surface area contributed by atoms with Gasteiger partial charge in [0.15, 0.2) is 17.3 Å². The molecule has 2 aromatic carbocycles. The van der Waals surface area contributed by atoms with E-state index in [2.05, 4.69) is 17.0 Å². The molecule has 4 rings (SSSR count). The number of carbonyl (C=O) groups is 1. The van der Waals surface area contributed by atoms with Gasteiger partial charge in [0.2, 0.25) is 5.17 Å². The van der Waals surface area contributed by atoms with Crippen LogP contribution in [0.5, 0.6) is 11.5 Å². The summed E-state index contributed by atoms with van der Waals surface area (Å²) in [6.45, 7) is 2.35. The van der Waals surface area contributed by atoms with Crippen LogP contribution in [0, 0.1) is 5.41 Å². The zero-order valence-corrected chi connectivity index (χ0v) is 19.2. The topological polar surface area (TPSA) is 87.3 Å². The second-order valence-electron chi connectivity index (χ2n) is 7.05. The van der Waals surface area contributed by atoms with Gasteiger partial charge in [-0.1, -0.05) is 42.8 Å². The average Bonchev–Trinajstić information content (AvgIpc) is 3.19. The molecule has 32 heavy (non-hydrogen) atoms. The molecule has 0 atom stereocenters. The molecule has 0 saturated heterocycles. The first-order valence-corrected chi connectivity index (χ1v) is 11.2. The molecule has 7 nitrogen and oxygen atoms in total. The van der Waals surface area contributed by atoms with Crippen molar-refractivity contribution in [3.05, 3.63) is 64.2 Å². The third-order valence-electron chi connectivity index (χ3n) is 4.80. The van der Waals surface area contributed by atoms with Crippen LogP contribution in [-0.2, 0) is 11.4 Å². The summed E-state index contributed by atoms with van der Waals surface area (Å²) < 4.78 is 11.4. The molecule has 1 amide bonds. The van der Waals surface area contributed by atoms with E-state index in [4.69, 9.17) is 26.5 Å². The monoisotopic (exact) mass is 468 g/mol. The third kappa shape index (κ3) is 4.56. The Kier molecular flexibility index (Phi) is 6.62. The Hall–Kier alpha value is -3.10. The second kappa shape index (κ2) is 9.58. The van der Waals surface area contributed by atoms with Crippen molar-refractivity contribution in [2.24, 2.45) is 10.1 Å². The Morgan fingerprint density at radius 3 is 2.78 bits per heavy atom. The number of hydrogen-bond acceptors (Lipinski definition) is 6. The standard InChI is InChI=1S/C23H21ClN4O3S/c1-3-6-20-27-28-21(25)16(22(29)26-23(28)32-20)11-14-9-10-18(19(12-14)30-2)31-13-15-7-4-5-8-17(15)24/h4-5,7-12,25H,3,6,13H2,1-2H3. The molecule has 2 heterocycles. The molecule has 2 aromatic rings. The van der Waals surface area contributed by atoms with Crippen molar-refractivity contribution in [1.82, 2.24) is 5.01 Å². The van der Waals surface area contributed by atoms with Gasteiger partial charge in [-0.25, -0.2) is 0 Å². The van der Waals surface area contributed by atoms with E-state index in [1.165, 1.54) is 16.8 Å². The highest BCUT2D eigenvalue weighted by Gasteiger charge is 2.35. The van der Waals surface area contributed by atoms with Gasteiger partial charge in [-0.05, 0) is 54.4 Å². The van der Waals surface area contributed by atoms with Gasteiger partial charge in [0, 0.05) is 10.6 Å². The number of nitrogens with zero attached hydrogens (tertiary/aromatic N) is 3. The van der Waals surface area contributed by atoms with Crippen molar-refractivity contribution < 1.29 is 14.3 Å². The van der Waals surface area contributed by atoms with Gasteiger partial charge >= 0.3 is 0 Å². The number of halogens is 1. The number of methoxy groups -OCH3 is 1. The minimum atomic E-state index is -0.459. The zero-order chi connectivity index (χ0) is 22.7. The number of carbonyl (C=O) groups excluding carboxylic acids is 1. The first-order valence-electron chi connectivity index (χ1n) is 10.0. The number of fused-ring (bicyclic) bond motifs is 1. The lowest BCUT2D eigenvalue weighted by Crippen LogP contribution is -2.35. The minimum Gasteiger partial charge on any atom is -0.493 e. The smallest absolute Gasteiger partial charge is 0.283 e. The van der Waals surface area contributed by atoms with Crippen molar-refractivity contribution in [2.75, 3.05) is 7.11 Å². The molecule has 0 fully saturated rings. The largest absolute Gasteiger partial charge is 0.493 e. The van der Waals surface area contributed by atoms with Crippen LogP contribution in [0.15, 0.2) is 58.1 Å². The molecule has 1 N–H and O–H groups in total. The number of hydrogen-bond donors (Lipinski definition) is 1. The summed E-state index contributed by atoms with van der Waals surface area (Å²) in [4.78, 5) is 16.7. The molecular formula is C23H21ClN4O3S. The molecule has 2 aliphatic rings. The van der Waals surface area contributed by atoms with Crippen LogP contribution < -0.4 is 9.47 Å². The van der Waals surface area contributed by atoms with Gasteiger partial charge in [-0.15, -0.1) is 0 Å². The maximum atomic E-state index is 12.6. The third-order valence-corrected chi connectivity index (χ3v) is 6.14. The Labute approximate surface area is 195 Å². The zero-order valence-electron chi connectivity index (χ0n) is 17.6. The normalized spacial score (nSPS) is 16.7. The SMILES string of the molecule is CCCC1=NN2C(=N)C(=Cc3ccc(OCc4ccccc4Cl)c(OC)c3)C(=O)N=C2S1. The summed E-state index contributed by atoms with van der Waals surface area (Å²) in [5, 5.41) is 16.2. The number of thioether (sulfide) groups is 1. The van der Waals surface area contributed by atoms with E-state index in [1.807, 2.05) is 24.3 Å². The molecule has 164 valence electrons. The van der Waals surface area contributed by atoms with Crippen LogP contribution in [0.25, 0.3) is 6.08 Å². The van der Waals surface area contributed by atoms with E-state index in [9.17, 15) is 4.79 Å². The predicted molar refractivity (Wildman–Crippen MR) is 129 cm³/mol. The number of aliphatic imine (C=N–C) groups is 1. The quantitative estimate of drug-likeness (QED) is 0.553. The number of hydrazone groups is 1. The molecule has 0 spiro atoms. The fourth-order valence-electron chi connectivity index (χ4n) is 3.18. The molecule has 0 unspecified atom stereocenters. The lowest BCUT2D eigenvalue weighted by molar-refractivity contribution is -0.114. The lowest BCUT2D eigenvalue weighted by atomic mass is 10.1. The molecule has 0 aromatic heterocycles. The Bertz CT molecular complexity index is 1180. The maximum Gasteiger partial charge on any atom is 0.283 e. The molecule has 0 radical (unpaired) electrons. The average molecular weight is 469 g/mol. The number of amides is 1. The van der Waals surface area contributed by atoms with Gasteiger partial charge in [0.05, 0.1) is 12.7 Å². The molecule has 0 aliphatic carbocycles. The second-order valence-corrected chi connectivity index (χ2v) is 8.50. The molecule has 9 heteroatoms. The summed E-state index contributed by atoms with van der Waals surface area (Å²) in [6, 6.07) is 12.8. The Balaban J connectivity index is 1.56. The molecule has 0 bridgehead atoms. The van der Waals surface area contributed by atoms with Crippen LogP contribution in [0.4, 0.5) is 0 Å². The van der Waals surface area contributed by atoms with Crippen LogP contribution in [0.3, 0.4) is 0 Å². The van der Waals surface area contributed by atoms with Crippen molar-refractivity contribution in [1.29, 1.82) is 5.41 Å². The van der Waals surface area contributed by atoms with Crippen molar-refractivity contribution in [2.45, 2.75) is 26.4 Å². The van der Waals surface area contributed by atoms with Gasteiger partial charge < -0.3 is 9.47 Å². The first-order chi connectivity index (χ1) is 15.5. The highest BCUT2D eigenvalue weighted by atomic mass is 35.5. The molecule has 2 aliphatic heterocycles. The van der Waals surface area contributed by atoms with Crippen molar-refractivity contribution in [3.8, 4) is 11.5 Å². The van der Waals surface area contributed by atoms with Gasteiger partial charge in [0.25, 0.3) is 5.91 Å². The summed E-state index contributed by atoms with van der Waals surface area (Å²) >= 11 is 7.53. The Morgan fingerprint density at radius 2 is 2.03 bits per heavy atom. The van der Waals surface area contributed by atoms with Crippen LogP contribution >= 0.6 is 23.4 Å². The van der Waals surface area contributed by atoms with Crippen LogP contribution in [0.2, 0.25) is 5.02 Å². The fourth-order valence-corrected chi connectivity index (χ4v) is 4.35. The van der Waals surface area contributed by atoms with E-state index < -0.39 is 5.91 Å². The van der Waals surface area contributed by atoms with E-state index in [1.54, 1.807) is 31.4 Å². The van der Waals surface area contributed by atoms with Crippen LogP contribution in [-0.4, -0.2) is 34.1 Å². The van der Waals surface area contributed by atoms with Gasteiger partial charge in [0.1, 0.15) is 11.7 Å².